The number of hydrogen-bond acceptors (Lipinski definition) is 4. The summed E-state index contributed by atoms with van der Waals surface area (Å²) in [5.41, 5.74) is 1.80. The summed E-state index contributed by atoms with van der Waals surface area (Å²) >= 11 is 0. The van der Waals surface area contributed by atoms with Crippen molar-refractivity contribution in [2.45, 2.75) is 90.6 Å². The number of carbonyl (C=O) groups excluding carboxylic acids is 1. The quantitative estimate of drug-likeness (QED) is 0.463. The fourth-order valence-corrected chi connectivity index (χ4v) is 9.68. The molecule has 0 bridgehead atoms. The van der Waals surface area contributed by atoms with E-state index in [1.807, 2.05) is 39.2 Å². The lowest BCUT2D eigenvalue weighted by atomic mass is 9.42. The molecule has 4 aliphatic carbocycles. The first kappa shape index (κ1) is 25.3. The summed E-state index contributed by atoms with van der Waals surface area (Å²) in [6.07, 6.45) is 11.2. The second-order valence-corrected chi connectivity index (χ2v) is 13.0. The Labute approximate surface area is 212 Å². The minimum Gasteiger partial charge on any atom is -0.497 e. The molecule has 0 unspecified atom stereocenters. The predicted octanol–water partition coefficient (Wildman–Crippen LogP) is 6.61. The van der Waals surface area contributed by atoms with Gasteiger partial charge in [0.05, 0.1) is 12.7 Å². The van der Waals surface area contributed by atoms with Crippen molar-refractivity contribution in [2.75, 3.05) is 20.8 Å². The van der Waals surface area contributed by atoms with Gasteiger partial charge in [-0.15, -0.1) is 0 Å². The molecule has 5 rings (SSSR count). The van der Waals surface area contributed by atoms with Gasteiger partial charge in [-0.05, 0) is 136 Å². The van der Waals surface area contributed by atoms with Crippen molar-refractivity contribution in [1.82, 2.24) is 0 Å². The lowest BCUT2D eigenvalue weighted by Gasteiger charge is -2.63. The summed E-state index contributed by atoms with van der Waals surface area (Å²) in [7, 11) is 3.51. The SMILES string of the molecule is COCC[C@]12CC[C@@](C)(O)C[C@@H]1CC[C@H]1[C@@H]3CC[C@H](C(=O)c4ccc(OC)cc4C)[C@@]3(C)CC[C@@H]12. The number of fused-ring (bicyclic) bond motifs is 5. The number of benzene rings is 1. The minimum atomic E-state index is -0.516. The maximum atomic E-state index is 13.9. The van der Waals surface area contributed by atoms with E-state index in [0.29, 0.717) is 34.9 Å². The van der Waals surface area contributed by atoms with Crippen LogP contribution in [-0.2, 0) is 4.74 Å². The van der Waals surface area contributed by atoms with Crippen LogP contribution in [0, 0.1) is 47.3 Å². The Morgan fingerprint density at radius 1 is 1.03 bits per heavy atom. The van der Waals surface area contributed by atoms with Crippen LogP contribution in [0.2, 0.25) is 0 Å². The maximum absolute atomic E-state index is 13.9. The van der Waals surface area contributed by atoms with Crippen molar-refractivity contribution < 1.29 is 19.4 Å². The zero-order valence-corrected chi connectivity index (χ0v) is 22.6. The van der Waals surface area contributed by atoms with Crippen molar-refractivity contribution >= 4 is 5.78 Å². The second-order valence-electron chi connectivity index (χ2n) is 13.0. The highest BCUT2D eigenvalue weighted by molar-refractivity contribution is 6.00. The molecule has 0 radical (unpaired) electrons. The summed E-state index contributed by atoms with van der Waals surface area (Å²) in [5.74, 6) is 3.95. The topological polar surface area (TPSA) is 55.8 Å². The molecule has 4 saturated carbocycles. The van der Waals surface area contributed by atoms with Gasteiger partial charge in [-0.3, -0.25) is 4.79 Å². The lowest BCUT2D eigenvalue weighted by molar-refractivity contribution is -0.160. The number of ether oxygens (including phenoxy) is 2. The number of hydrogen-bond donors (Lipinski definition) is 1. The van der Waals surface area contributed by atoms with Crippen molar-refractivity contribution in [2.24, 2.45) is 40.4 Å². The van der Waals surface area contributed by atoms with Crippen LogP contribution in [0.3, 0.4) is 0 Å². The largest absolute Gasteiger partial charge is 0.497 e. The average Bonchev–Trinajstić information content (AvgIpc) is 3.19. The third-order valence-corrected chi connectivity index (χ3v) is 11.4. The summed E-state index contributed by atoms with van der Waals surface area (Å²) in [4.78, 5) is 13.9. The standard InChI is InChI=1S/C31H46O4/c1-20-18-22(35-5)7-9-23(20)28(32)27-11-10-25-24-8-6-21-19-29(2,33)14-15-31(21,16-17-34-4)26(24)12-13-30(25,27)3/h7,9,18,21,24-27,33H,6,8,10-17,19H2,1-5H3/t21-,24-,25-,26-,27+,29+,30-,31+/m0/s1. The predicted molar refractivity (Wildman–Crippen MR) is 139 cm³/mol. The van der Waals surface area contributed by atoms with Gasteiger partial charge in [0.15, 0.2) is 5.78 Å². The summed E-state index contributed by atoms with van der Waals surface area (Å²) < 4.78 is 11.0. The monoisotopic (exact) mass is 482 g/mol. The average molecular weight is 483 g/mol. The third kappa shape index (κ3) is 4.07. The van der Waals surface area contributed by atoms with E-state index < -0.39 is 5.60 Å². The van der Waals surface area contributed by atoms with Crippen molar-refractivity contribution in [3.63, 3.8) is 0 Å². The van der Waals surface area contributed by atoms with Crippen LogP contribution >= 0.6 is 0 Å². The van der Waals surface area contributed by atoms with Gasteiger partial charge in [-0.2, -0.15) is 0 Å². The number of methoxy groups -OCH3 is 2. The van der Waals surface area contributed by atoms with E-state index in [1.165, 1.54) is 25.7 Å². The zero-order chi connectivity index (χ0) is 25.0. The fourth-order valence-electron chi connectivity index (χ4n) is 9.68. The number of carbonyl (C=O) groups is 1. The first-order valence-electron chi connectivity index (χ1n) is 14.1. The summed E-state index contributed by atoms with van der Waals surface area (Å²) in [5, 5.41) is 10.9. The van der Waals surface area contributed by atoms with Crippen LogP contribution in [0.1, 0.15) is 94.0 Å². The van der Waals surface area contributed by atoms with Gasteiger partial charge in [0.2, 0.25) is 0 Å². The van der Waals surface area contributed by atoms with Crippen molar-refractivity contribution in [3.05, 3.63) is 29.3 Å². The van der Waals surface area contributed by atoms with E-state index in [2.05, 4.69) is 6.92 Å². The van der Waals surface area contributed by atoms with E-state index in [0.717, 1.165) is 62.0 Å². The lowest BCUT2D eigenvalue weighted by Crippen LogP contribution is -2.57. The smallest absolute Gasteiger partial charge is 0.166 e. The van der Waals surface area contributed by atoms with E-state index in [-0.39, 0.29) is 11.3 Å². The minimum absolute atomic E-state index is 0.0973. The third-order valence-electron chi connectivity index (χ3n) is 11.4. The molecule has 1 N–H and O–H groups in total. The molecule has 0 aromatic heterocycles. The van der Waals surface area contributed by atoms with Crippen LogP contribution in [-0.4, -0.2) is 37.3 Å². The van der Waals surface area contributed by atoms with Crippen molar-refractivity contribution in [3.8, 4) is 5.75 Å². The van der Waals surface area contributed by atoms with Crippen molar-refractivity contribution in [1.29, 1.82) is 0 Å². The molecular weight excluding hydrogens is 436 g/mol. The number of Topliss-reactive ketones (excluding diaryl/α,β-unsaturated/α-hetero) is 1. The summed E-state index contributed by atoms with van der Waals surface area (Å²) in [6, 6.07) is 5.92. The van der Waals surface area contributed by atoms with Crippen LogP contribution < -0.4 is 4.74 Å². The molecule has 4 heteroatoms. The highest BCUT2D eigenvalue weighted by Crippen LogP contribution is 2.69. The van der Waals surface area contributed by atoms with Gasteiger partial charge in [-0.25, -0.2) is 0 Å². The van der Waals surface area contributed by atoms with Gasteiger partial charge < -0.3 is 14.6 Å². The molecule has 0 saturated heterocycles. The summed E-state index contributed by atoms with van der Waals surface area (Å²) in [6.45, 7) is 7.36. The first-order chi connectivity index (χ1) is 16.6. The van der Waals surface area contributed by atoms with Crippen LogP contribution in [0.15, 0.2) is 18.2 Å². The first-order valence-corrected chi connectivity index (χ1v) is 14.1. The highest BCUT2D eigenvalue weighted by atomic mass is 16.5. The van der Waals surface area contributed by atoms with E-state index in [4.69, 9.17) is 9.47 Å². The Balaban J connectivity index is 1.41. The molecule has 0 spiro atoms. The maximum Gasteiger partial charge on any atom is 0.166 e. The number of ketones is 1. The molecule has 35 heavy (non-hydrogen) atoms. The van der Waals surface area contributed by atoms with Crippen LogP contribution in [0.4, 0.5) is 0 Å². The second kappa shape index (κ2) is 9.17. The van der Waals surface area contributed by atoms with E-state index in [9.17, 15) is 9.90 Å². The molecule has 0 aliphatic heterocycles. The number of rotatable bonds is 6. The van der Waals surface area contributed by atoms with Gasteiger partial charge in [0, 0.05) is 25.2 Å². The Bertz CT molecular complexity index is 953. The molecule has 4 fully saturated rings. The Morgan fingerprint density at radius 2 is 1.83 bits per heavy atom. The molecule has 4 nitrogen and oxygen atoms in total. The molecular formula is C31H46O4. The van der Waals surface area contributed by atoms with E-state index >= 15 is 0 Å². The Morgan fingerprint density at radius 3 is 2.54 bits per heavy atom. The Kier molecular flexibility index (Phi) is 6.62. The van der Waals surface area contributed by atoms with Gasteiger partial charge in [0.1, 0.15) is 5.75 Å². The van der Waals surface area contributed by atoms with Crippen LogP contribution in [0.5, 0.6) is 5.75 Å². The molecule has 1 aromatic carbocycles. The van der Waals surface area contributed by atoms with Crippen LogP contribution in [0.25, 0.3) is 0 Å². The van der Waals surface area contributed by atoms with Gasteiger partial charge in [0.25, 0.3) is 0 Å². The Hall–Kier alpha value is -1.39. The molecule has 4 aliphatic rings. The highest BCUT2D eigenvalue weighted by Gasteiger charge is 2.62. The molecule has 8 atom stereocenters. The molecule has 1 aromatic rings. The van der Waals surface area contributed by atoms with E-state index in [1.54, 1.807) is 7.11 Å². The zero-order valence-electron chi connectivity index (χ0n) is 22.6. The molecule has 0 amide bonds. The van der Waals surface area contributed by atoms with Gasteiger partial charge in [-0.1, -0.05) is 6.92 Å². The molecule has 194 valence electrons. The number of aliphatic hydroxyl groups is 1. The normalized spacial score (nSPS) is 42.6. The fraction of sp³-hybridized carbons (Fsp3) is 0.774. The molecule has 0 heterocycles. The van der Waals surface area contributed by atoms with Gasteiger partial charge >= 0.3 is 0 Å². The number of aryl methyl sites for hydroxylation is 1.